The lowest BCUT2D eigenvalue weighted by molar-refractivity contribution is -0.140. The van der Waals surface area contributed by atoms with E-state index >= 15 is 0 Å². The third-order valence-corrected chi connectivity index (χ3v) is 2.42. The van der Waals surface area contributed by atoms with Crippen LogP contribution < -0.4 is 14.8 Å². The van der Waals surface area contributed by atoms with E-state index in [2.05, 4.69) is 5.32 Å². The van der Waals surface area contributed by atoms with E-state index in [0.29, 0.717) is 11.5 Å². The number of rotatable bonds is 4. The minimum Gasteiger partial charge on any atom is -0.480 e. The molecule has 1 aromatic carbocycles. The predicted octanol–water partition coefficient (Wildman–Crippen LogP) is -0.409. The van der Waals surface area contributed by atoms with Crippen LogP contribution in [0.1, 0.15) is 10.4 Å². The predicted molar refractivity (Wildman–Crippen MR) is 58.5 cm³/mol. The lowest BCUT2D eigenvalue weighted by Gasteiger charge is -2.11. The Morgan fingerprint density at radius 3 is 2.72 bits per heavy atom. The van der Waals surface area contributed by atoms with Gasteiger partial charge in [-0.05, 0) is 18.2 Å². The molecular formula is C11H11NO6. The summed E-state index contributed by atoms with van der Waals surface area (Å²) in [7, 11) is 0. The van der Waals surface area contributed by atoms with Crippen molar-refractivity contribution in [1.29, 1.82) is 0 Å². The summed E-state index contributed by atoms with van der Waals surface area (Å²) in [6.45, 7) is -0.583. The molecule has 0 saturated heterocycles. The molecule has 1 atom stereocenters. The van der Waals surface area contributed by atoms with E-state index in [1.54, 1.807) is 6.07 Å². The number of aliphatic hydroxyl groups excluding tert-OH is 1. The lowest BCUT2D eigenvalue weighted by atomic mass is 10.1. The smallest absolute Gasteiger partial charge is 0.328 e. The molecule has 1 aromatic rings. The minimum absolute atomic E-state index is 0.0921. The van der Waals surface area contributed by atoms with Gasteiger partial charge < -0.3 is 25.0 Å². The SMILES string of the molecule is O=C(N[C@H](CO)C(=O)O)c1ccc2c(c1)OCO2. The van der Waals surface area contributed by atoms with Crippen LogP contribution in [-0.4, -0.2) is 41.5 Å². The Kier molecular flexibility index (Phi) is 3.33. The first kappa shape index (κ1) is 12.2. The number of hydrogen-bond acceptors (Lipinski definition) is 5. The molecule has 7 nitrogen and oxygen atoms in total. The number of amides is 1. The standard InChI is InChI=1S/C11H11NO6/c13-4-7(11(15)16)12-10(14)6-1-2-8-9(3-6)18-5-17-8/h1-3,7,13H,4-5H2,(H,12,14)(H,15,16)/t7-/m1/s1. The second-order valence-electron chi connectivity index (χ2n) is 3.61. The van der Waals surface area contributed by atoms with Crippen molar-refractivity contribution in [2.75, 3.05) is 13.4 Å². The van der Waals surface area contributed by atoms with Crippen molar-refractivity contribution in [2.24, 2.45) is 0 Å². The third kappa shape index (κ3) is 2.35. The Bertz CT molecular complexity index is 486. The van der Waals surface area contributed by atoms with Crippen LogP contribution in [-0.2, 0) is 4.79 Å². The number of hydrogen-bond donors (Lipinski definition) is 3. The number of aliphatic hydroxyl groups is 1. The fourth-order valence-corrected chi connectivity index (χ4v) is 1.46. The number of fused-ring (bicyclic) bond motifs is 1. The van der Waals surface area contributed by atoms with Gasteiger partial charge in [0, 0.05) is 5.56 Å². The molecule has 0 bridgehead atoms. The van der Waals surface area contributed by atoms with Crippen molar-refractivity contribution >= 4 is 11.9 Å². The van der Waals surface area contributed by atoms with E-state index in [1.165, 1.54) is 12.1 Å². The first-order chi connectivity index (χ1) is 8.61. The van der Waals surface area contributed by atoms with Crippen LogP contribution >= 0.6 is 0 Å². The number of carbonyl (C=O) groups excluding carboxylic acids is 1. The Hall–Kier alpha value is -2.28. The highest BCUT2D eigenvalue weighted by molar-refractivity contribution is 5.97. The normalized spacial score (nSPS) is 14.1. The summed E-state index contributed by atoms with van der Waals surface area (Å²) in [4.78, 5) is 22.4. The Morgan fingerprint density at radius 2 is 2.06 bits per heavy atom. The summed E-state index contributed by atoms with van der Waals surface area (Å²) < 4.78 is 10.2. The van der Waals surface area contributed by atoms with Crippen LogP contribution in [0.25, 0.3) is 0 Å². The second kappa shape index (κ2) is 4.92. The van der Waals surface area contributed by atoms with E-state index in [-0.39, 0.29) is 12.4 Å². The van der Waals surface area contributed by atoms with E-state index in [4.69, 9.17) is 19.7 Å². The van der Waals surface area contributed by atoms with E-state index in [1.807, 2.05) is 0 Å². The molecule has 1 heterocycles. The molecular weight excluding hydrogens is 242 g/mol. The van der Waals surface area contributed by atoms with Crippen molar-refractivity contribution in [3.63, 3.8) is 0 Å². The molecule has 0 aromatic heterocycles. The van der Waals surface area contributed by atoms with Crippen LogP contribution in [0.3, 0.4) is 0 Å². The fraction of sp³-hybridized carbons (Fsp3) is 0.273. The maximum Gasteiger partial charge on any atom is 0.328 e. The highest BCUT2D eigenvalue weighted by atomic mass is 16.7. The first-order valence-electron chi connectivity index (χ1n) is 5.16. The van der Waals surface area contributed by atoms with Crippen LogP contribution in [0.15, 0.2) is 18.2 Å². The summed E-state index contributed by atoms with van der Waals surface area (Å²) in [6, 6.07) is 3.17. The summed E-state index contributed by atoms with van der Waals surface area (Å²) in [5, 5.41) is 19.7. The molecule has 1 aliphatic rings. The molecule has 7 heteroatoms. The van der Waals surface area contributed by atoms with Crippen molar-refractivity contribution < 1.29 is 29.3 Å². The number of carboxylic acid groups (broad SMARTS) is 1. The fourth-order valence-electron chi connectivity index (χ4n) is 1.46. The van der Waals surface area contributed by atoms with E-state index in [0.717, 1.165) is 0 Å². The lowest BCUT2D eigenvalue weighted by Crippen LogP contribution is -2.43. The summed E-state index contributed by atoms with van der Waals surface area (Å²) in [6.07, 6.45) is 0. The van der Waals surface area contributed by atoms with Gasteiger partial charge in [-0.2, -0.15) is 0 Å². The van der Waals surface area contributed by atoms with Gasteiger partial charge in [-0.25, -0.2) is 4.79 Å². The molecule has 18 heavy (non-hydrogen) atoms. The molecule has 0 radical (unpaired) electrons. The topological polar surface area (TPSA) is 105 Å². The maximum atomic E-state index is 11.7. The average Bonchev–Trinajstić information content (AvgIpc) is 2.82. The number of aliphatic carboxylic acids is 1. The monoisotopic (exact) mass is 253 g/mol. The number of ether oxygens (including phenoxy) is 2. The Labute approximate surface area is 102 Å². The molecule has 1 aliphatic heterocycles. The molecule has 2 rings (SSSR count). The molecule has 96 valence electrons. The Balaban J connectivity index is 2.12. The zero-order valence-corrected chi connectivity index (χ0v) is 9.25. The quantitative estimate of drug-likeness (QED) is 0.673. The number of benzene rings is 1. The maximum absolute atomic E-state index is 11.7. The summed E-state index contributed by atoms with van der Waals surface area (Å²) in [5.41, 5.74) is 0.235. The highest BCUT2D eigenvalue weighted by Crippen LogP contribution is 2.32. The molecule has 0 fully saturated rings. The van der Waals surface area contributed by atoms with Crippen molar-refractivity contribution in [3.05, 3.63) is 23.8 Å². The van der Waals surface area contributed by atoms with Gasteiger partial charge >= 0.3 is 5.97 Å². The van der Waals surface area contributed by atoms with Crippen molar-refractivity contribution in [2.45, 2.75) is 6.04 Å². The van der Waals surface area contributed by atoms with Gasteiger partial charge in [0.2, 0.25) is 6.79 Å². The van der Waals surface area contributed by atoms with E-state index < -0.39 is 24.5 Å². The van der Waals surface area contributed by atoms with Crippen LogP contribution in [0.5, 0.6) is 11.5 Å². The largest absolute Gasteiger partial charge is 0.480 e. The Morgan fingerprint density at radius 1 is 1.33 bits per heavy atom. The van der Waals surface area contributed by atoms with Crippen LogP contribution in [0.2, 0.25) is 0 Å². The number of carboxylic acids is 1. The second-order valence-corrected chi connectivity index (χ2v) is 3.61. The summed E-state index contributed by atoms with van der Waals surface area (Å²) in [5.74, 6) is -0.941. The first-order valence-corrected chi connectivity index (χ1v) is 5.16. The third-order valence-electron chi connectivity index (χ3n) is 2.42. The van der Waals surface area contributed by atoms with Gasteiger partial charge in [0.25, 0.3) is 5.91 Å². The van der Waals surface area contributed by atoms with Gasteiger partial charge in [0.05, 0.1) is 6.61 Å². The average molecular weight is 253 g/mol. The minimum atomic E-state index is -1.33. The number of carbonyl (C=O) groups is 2. The zero-order valence-electron chi connectivity index (χ0n) is 9.25. The van der Waals surface area contributed by atoms with Gasteiger partial charge in [-0.15, -0.1) is 0 Å². The molecule has 3 N–H and O–H groups in total. The van der Waals surface area contributed by atoms with Crippen molar-refractivity contribution in [1.82, 2.24) is 5.32 Å². The molecule has 0 saturated carbocycles. The van der Waals surface area contributed by atoms with E-state index in [9.17, 15) is 9.59 Å². The molecule has 0 spiro atoms. The van der Waals surface area contributed by atoms with Crippen LogP contribution in [0, 0.1) is 0 Å². The molecule has 1 amide bonds. The number of nitrogens with one attached hydrogen (secondary N) is 1. The van der Waals surface area contributed by atoms with Crippen LogP contribution in [0.4, 0.5) is 0 Å². The summed E-state index contributed by atoms with van der Waals surface area (Å²) >= 11 is 0. The highest BCUT2D eigenvalue weighted by Gasteiger charge is 2.21. The van der Waals surface area contributed by atoms with Gasteiger partial charge in [-0.3, -0.25) is 4.79 Å². The zero-order chi connectivity index (χ0) is 13.1. The van der Waals surface area contributed by atoms with Gasteiger partial charge in [-0.1, -0.05) is 0 Å². The van der Waals surface area contributed by atoms with Gasteiger partial charge in [0.15, 0.2) is 17.5 Å². The molecule has 0 aliphatic carbocycles. The van der Waals surface area contributed by atoms with Crippen molar-refractivity contribution in [3.8, 4) is 11.5 Å². The molecule has 0 unspecified atom stereocenters. The van der Waals surface area contributed by atoms with Gasteiger partial charge in [0.1, 0.15) is 0 Å².